The van der Waals surface area contributed by atoms with Gasteiger partial charge in [-0.05, 0) is 19.9 Å². The number of rotatable bonds is 2. The van der Waals surface area contributed by atoms with Crippen LogP contribution in [-0.2, 0) is 4.94 Å². The number of nitrogens with one attached hydrogen (secondary N) is 1. The maximum Gasteiger partial charge on any atom is 0.318 e. The maximum atomic E-state index is 10.2. The van der Waals surface area contributed by atoms with Crippen LogP contribution in [0.3, 0.4) is 0 Å². The fourth-order valence-electron chi connectivity index (χ4n) is 1.30. The van der Waals surface area contributed by atoms with Crippen molar-refractivity contribution >= 4 is 5.96 Å². The highest BCUT2D eigenvalue weighted by Crippen LogP contribution is 2.21. The van der Waals surface area contributed by atoms with Gasteiger partial charge in [-0.3, -0.25) is 5.41 Å². The number of hydrazine groups is 1. The second-order valence-electron chi connectivity index (χ2n) is 2.86. The van der Waals surface area contributed by atoms with Gasteiger partial charge < -0.3 is 5.73 Å². The van der Waals surface area contributed by atoms with Gasteiger partial charge in [0.1, 0.15) is 0 Å². The van der Waals surface area contributed by atoms with Gasteiger partial charge in [0, 0.05) is 0 Å². The first-order valence-electron chi connectivity index (χ1n) is 3.87. The molecule has 1 aliphatic heterocycles. The van der Waals surface area contributed by atoms with E-state index >= 15 is 0 Å². The molecule has 1 heterocycles. The van der Waals surface area contributed by atoms with Crippen molar-refractivity contribution in [3.63, 3.8) is 0 Å². The SMILES string of the molecule is CC1=CC(C)N(C(=N)N)N1O[N+](=O)[O-]. The van der Waals surface area contributed by atoms with Gasteiger partial charge in [0.15, 0.2) is 0 Å². The summed E-state index contributed by atoms with van der Waals surface area (Å²) in [6.45, 7) is 3.37. The molecule has 0 radical (unpaired) electrons. The fraction of sp³-hybridized carbons (Fsp3) is 0.500. The molecule has 14 heavy (non-hydrogen) atoms. The van der Waals surface area contributed by atoms with Crippen LogP contribution in [0.1, 0.15) is 13.8 Å². The molecule has 0 amide bonds. The number of allylic oxidation sites excluding steroid dienone is 1. The normalized spacial score (nSPS) is 20.7. The minimum Gasteiger partial charge on any atom is -0.369 e. The summed E-state index contributed by atoms with van der Waals surface area (Å²) >= 11 is 0. The minimum atomic E-state index is -0.953. The number of hydrogen-bond acceptors (Lipinski definition) is 5. The molecule has 0 aromatic rings. The molecule has 0 fully saturated rings. The van der Waals surface area contributed by atoms with E-state index in [1.165, 1.54) is 0 Å². The highest BCUT2D eigenvalue weighted by atomic mass is 17.0. The third-order valence-corrected chi connectivity index (χ3v) is 1.76. The summed E-state index contributed by atoms with van der Waals surface area (Å²) in [5.41, 5.74) is 5.77. The lowest BCUT2D eigenvalue weighted by atomic mass is 10.3. The van der Waals surface area contributed by atoms with Crippen molar-refractivity contribution in [3.05, 3.63) is 21.9 Å². The molecule has 0 saturated carbocycles. The highest BCUT2D eigenvalue weighted by molar-refractivity contribution is 5.75. The Morgan fingerprint density at radius 1 is 1.86 bits per heavy atom. The van der Waals surface area contributed by atoms with Crippen molar-refractivity contribution in [3.8, 4) is 0 Å². The van der Waals surface area contributed by atoms with Crippen molar-refractivity contribution in [2.24, 2.45) is 5.73 Å². The van der Waals surface area contributed by atoms with E-state index in [0.29, 0.717) is 5.70 Å². The molecule has 78 valence electrons. The third-order valence-electron chi connectivity index (χ3n) is 1.76. The molecule has 1 aliphatic rings. The number of hydrogen-bond donors (Lipinski definition) is 2. The second-order valence-corrected chi connectivity index (χ2v) is 2.86. The van der Waals surface area contributed by atoms with Gasteiger partial charge >= 0.3 is 5.09 Å². The molecule has 0 aromatic carbocycles. The van der Waals surface area contributed by atoms with Crippen LogP contribution in [0, 0.1) is 15.5 Å². The lowest BCUT2D eigenvalue weighted by molar-refractivity contribution is -0.817. The van der Waals surface area contributed by atoms with Crippen molar-refractivity contribution in [1.29, 1.82) is 5.41 Å². The van der Waals surface area contributed by atoms with Crippen molar-refractivity contribution in [2.45, 2.75) is 19.9 Å². The number of guanidine groups is 1. The summed E-state index contributed by atoms with van der Waals surface area (Å²) in [5.74, 6) is -0.313. The number of nitrogens with two attached hydrogens (primary N) is 1. The summed E-state index contributed by atoms with van der Waals surface area (Å²) < 4.78 is 0. The molecule has 0 saturated heterocycles. The molecule has 1 unspecified atom stereocenters. The molecular formula is C6H11N5O3. The molecule has 0 aromatic heterocycles. The number of nitrogens with zero attached hydrogens (tertiary/aromatic N) is 3. The van der Waals surface area contributed by atoms with Crippen LogP contribution in [0.4, 0.5) is 0 Å². The Morgan fingerprint density at radius 3 is 2.86 bits per heavy atom. The van der Waals surface area contributed by atoms with Crippen LogP contribution in [0.2, 0.25) is 0 Å². The zero-order chi connectivity index (χ0) is 10.9. The summed E-state index contributed by atoms with van der Waals surface area (Å²) in [6, 6.07) is -0.229. The second kappa shape index (κ2) is 3.40. The summed E-state index contributed by atoms with van der Waals surface area (Å²) in [4.78, 5) is 14.4. The molecule has 0 bridgehead atoms. The Balaban J connectivity index is 2.84. The highest BCUT2D eigenvalue weighted by Gasteiger charge is 2.31. The zero-order valence-corrected chi connectivity index (χ0v) is 7.80. The van der Waals surface area contributed by atoms with E-state index in [1.807, 2.05) is 0 Å². The Labute approximate surface area is 80.1 Å². The summed E-state index contributed by atoms with van der Waals surface area (Å²) in [6.07, 6.45) is 1.70. The average Bonchev–Trinajstić information content (AvgIpc) is 2.25. The first-order chi connectivity index (χ1) is 6.43. The Bertz CT molecular complexity index is 302. The predicted octanol–water partition coefficient (Wildman–Crippen LogP) is -0.172. The van der Waals surface area contributed by atoms with Gasteiger partial charge in [-0.15, -0.1) is 15.3 Å². The van der Waals surface area contributed by atoms with E-state index in [4.69, 9.17) is 11.1 Å². The summed E-state index contributed by atoms with van der Waals surface area (Å²) in [7, 11) is 0. The van der Waals surface area contributed by atoms with Crippen molar-refractivity contribution in [2.75, 3.05) is 0 Å². The van der Waals surface area contributed by atoms with E-state index in [1.54, 1.807) is 19.9 Å². The van der Waals surface area contributed by atoms with Gasteiger partial charge in [0.05, 0.1) is 11.7 Å². The first-order valence-corrected chi connectivity index (χ1v) is 3.87. The fourth-order valence-corrected chi connectivity index (χ4v) is 1.30. The van der Waals surface area contributed by atoms with Crippen LogP contribution in [0.25, 0.3) is 0 Å². The van der Waals surface area contributed by atoms with Gasteiger partial charge in [0.25, 0.3) is 0 Å². The Morgan fingerprint density at radius 2 is 2.43 bits per heavy atom. The monoisotopic (exact) mass is 201 g/mol. The number of hydroxylamine groups is 1. The topological polar surface area (TPSA) is 109 Å². The Hall–Kier alpha value is -1.99. The van der Waals surface area contributed by atoms with E-state index < -0.39 is 5.09 Å². The smallest absolute Gasteiger partial charge is 0.318 e. The van der Waals surface area contributed by atoms with Gasteiger partial charge in [-0.25, -0.2) is 5.01 Å². The van der Waals surface area contributed by atoms with Gasteiger partial charge in [-0.1, -0.05) is 0 Å². The largest absolute Gasteiger partial charge is 0.369 e. The zero-order valence-electron chi connectivity index (χ0n) is 7.80. The minimum absolute atomic E-state index is 0.229. The maximum absolute atomic E-state index is 10.2. The molecule has 1 rings (SSSR count). The van der Waals surface area contributed by atoms with Crippen LogP contribution in [0.15, 0.2) is 11.8 Å². The molecular weight excluding hydrogens is 190 g/mol. The molecule has 8 heteroatoms. The van der Waals surface area contributed by atoms with Gasteiger partial charge in [-0.2, -0.15) is 4.94 Å². The van der Waals surface area contributed by atoms with Crippen LogP contribution in [0.5, 0.6) is 0 Å². The van der Waals surface area contributed by atoms with E-state index in [9.17, 15) is 10.1 Å². The average molecular weight is 201 g/mol. The third kappa shape index (κ3) is 1.68. The Kier molecular flexibility index (Phi) is 2.45. The standard InChI is InChI=1S/C6H11N5O3/c1-4-3-5(2)10(14-11(12)13)9(4)6(7)8/h3-4H,1-2H3,(H3,7,8). The molecule has 0 spiro atoms. The molecule has 8 nitrogen and oxygen atoms in total. The summed E-state index contributed by atoms with van der Waals surface area (Å²) in [5, 5.41) is 18.5. The molecule has 0 aliphatic carbocycles. The van der Waals surface area contributed by atoms with E-state index in [-0.39, 0.29) is 12.0 Å². The van der Waals surface area contributed by atoms with Crippen LogP contribution >= 0.6 is 0 Å². The quantitative estimate of drug-likeness (QED) is 0.278. The first kappa shape index (κ1) is 10.1. The van der Waals surface area contributed by atoms with E-state index in [2.05, 4.69) is 4.94 Å². The van der Waals surface area contributed by atoms with Crippen molar-refractivity contribution < 1.29 is 10.0 Å². The lowest BCUT2D eigenvalue weighted by Crippen LogP contribution is -2.49. The molecule has 3 N–H and O–H groups in total. The van der Waals surface area contributed by atoms with Crippen LogP contribution in [-0.4, -0.2) is 27.3 Å². The van der Waals surface area contributed by atoms with Gasteiger partial charge in [0.2, 0.25) is 5.96 Å². The predicted molar refractivity (Wildman–Crippen MR) is 46.9 cm³/mol. The molecule has 1 atom stereocenters. The van der Waals surface area contributed by atoms with Crippen molar-refractivity contribution in [1.82, 2.24) is 10.2 Å². The lowest BCUT2D eigenvalue weighted by Gasteiger charge is -2.30. The van der Waals surface area contributed by atoms with Crippen LogP contribution < -0.4 is 5.73 Å². The van der Waals surface area contributed by atoms with E-state index in [0.717, 1.165) is 10.2 Å².